The number of carbonyl (C=O) groups is 5. The number of fused-ring (bicyclic) bond motifs is 6. The van der Waals surface area contributed by atoms with E-state index in [1.807, 2.05) is 54.6 Å². The second-order valence-corrected chi connectivity index (χ2v) is 29.6. The summed E-state index contributed by atoms with van der Waals surface area (Å²) in [5.74, 6) is 0.828. The molecule has 1 saturated heterocycles. The quantitative estimate of drug-likeness (QED) is 0.0576. The van der Waals surface area contributed by atoms with E-state index in [-0.39, 0.29) is 61.0 Å². The number of nitrogens with one attached hydrogen (secondary N) is 6. The molecule has 4 amide bonds. The van der Waals surface area contributed by atoms with Gasteiger partial charge in [-0.3, -0.25) is 33.2 Å². The molecule has 0 spiro atoms. The second kappa shape index (κ2) is 31.8. The Labute approximate surface area is 647 Å². The number of aromatic carboxylic acids is 1. The van der Waals surface area contributed by atoms with Crippen molar-refractivity contribution in [3.8, 4) is 33.4 Å². The van der Waals surface area contributed by atoms with E-state index in [0.717, 1.165) is 109 Å². The van der Waals surface area contributed by atoms with Gasteiger partial charge in [0.05, 0.1) is 36.7 Å². The monoisotopic (exact) mass is 1520 g/mol. The Morgan fingerprint density at radius 1 is 0.407 bits per heavy atom. The van der Waals surface area contributed by atoms with E-state index in [0.29, 0.717) is 123 Å². The summed E-state index contributed by atoms with van der Waals surface area (Å²) >= 11 is 0. The van der Waals surface area contributed by atoms with E-state index in [1.54, 1.807) is 61.2 Å². The molecule has 9 aromatic heterocycles. The largest absolute Gasteiger partial charge is 0.476 e. The maximum absolute atomic E-state index is 13.6. The van der Waals surface area contributed by atoms with Gasteiger partial charge < -0.3 is 45.6 Å². The van der Waals surface area contributed by atoms with Crippen molar-refractivity contribution in [1.82, 2.24) is 125 Å². The third-order valence-electron chi connectivity index (χ3n) is 21.7. The molecule has 12 aromatic rings. The van der Waals surface area contributed by atoms with Crippen molar-refractivity contribution >= 4 is 53.3 Å². The van der Waals surface area contributed by atoms with E-state index in [4.69, 9.17) is 0 Å². The molecule has 576 valence electrons. The zero-order valence-electron chi connectivity index (χ0n) is 62.4. The predicted molar refractivity (Wildman–Crippen MR) is 411 cm³/mol. The van der Waals surface area contributed by atoms with Crippen LogP contribution in [-0.4, -0.2) is 225 Å². The molecular formula is C78H83N29O6. The Hall–Kier alpha value is -13.5. The van der Waals surface area contributed by atoms with Crippen molar-refractivity contribution in [2.24, 2.45) is 0 Å². The molecule has 7 N–H and O–H groups in total. The minimum absolute atomic E-state index is 0.00337. The Kier molecular flexibility index (Phi) is 20.4. The van der Waals surface area contributed by atoms with E-state index in [2.05, 4.69) is 168 Å². The van der Waals surface area contributed by atoms with Gasteiger partial charge in [-0.15, -0.1) is 0 Å². The molecule has 3 aliphatic carbocycles. The lowest BCUT2D eigenvalue weighted by atomic mass is 10.1. The van der Waals surface area contributed by atoms with E-state index < -0.39 is 5.97 Å². The van der Waals surface area contributed by atoms with E-state index in [9.17, 15) is 29.1 Å². The number of carboxylic acid groups (broad SMARTS) is 1. The fourth-order valence-electron chi connectivity index (χ4n) is 15.8. The molecule has 35 nitrogen and oxygen atoms in total. The average Bonchev–Trinajstić information content (AvgIpc) is 1.65. The fraction of sp³-hybridized carbons (Fsp3) is 0.359. The number of nitrogens with zero attached hydrogens (tertiary/aromatic N) is 23. The van der Waals surface area contributed by atoms with Gasteiger partial charge in [0.2, 0.25) is 35.6 Å². The van der Waals surface area contributed by atoms with Crippen LogP contribution in [0, 0.1) is 0 Å². The third-order valence-corrected chi connectivity index (χ3v) is 21.7. The maximum atomic E-state index is 13.6. The van der Waals surface area contributed by atoms with Crippen LogP contribution in [0.3, 0.4) is 0 Å². The number of aromatic amines is 3. The summed E-state index contributed by atoms with van der Waals surface area (Å²) in [4.78, 5) is 101. The molecule has 0 bridgehead atoms. The third kappa shape index (κ3) is 16.1. The highest BCUT2D eigenvalue weighted by Crippen LogP contribution is 2.33. The standard InChI is InChI=1S/C29H32N10O2.C25H28N10O.C24H23N9O3/c40-26(38-11-8-24-25(17-38)34-36-33-24)18-39-16-23(27(35-39)28(41)37-9-4-1-5-10-37)21-14-30-29(31-15-21)32-22-12-19-6-2-3-7-20(19)13-22;1-33(2)24-20(13-35(31-24)15-23(36)34-8-7-21-22(14-34)30-32-29-21)18-11-26-25(27-12-18)28-19-9-16-5-3-4-6-17(16)10-19;34-21(32-6-5-19-20(12-32)29-31-28-19)13-33-11-18(22(30-33)23(35)36)16-9-25-24(26-10-16)27-17-7-14-3-1-2-4-15(14)8-17/h2-3,6-7,14-16,22H,1,4-5,8-13,17-18H2,(H,30,31,32)(H,33,34,36);3-6,11-13,19H,7-10,14-15H2,1-2H3,(H,26,27,28)(H,29,30,32);1-4,9-11,17H,5-8,12-13H2,(H,35,36)(H,25,26,27)(H,28,29,31). The molecular weight excluding hydrogens is 1440 g/mol. The normalized spacial score (nSPS) is 15.7. The number of anilines is 4. The highest BCUT2D eigenvalue weighted by atomic mass is 16.4. The SMILES string of the molecule is CN(C)c1nn(CC(=O)N2CCc3n[nH]nc3C2)cc1-c1cnc(NC2Cc3ccccc3C2)nc1.O=C(Cn1cc(-c2cnc(NC3Cc4ccccc4C3)nc2)c(C(=O)N2CCCCC2)n1)N1CCc2n[nH]nc2C1.O=C(O)c1nn(CC(=O)N2CCc3n[nH]nc3C2)cc1-c1cnc(NC2Cc3ccccc3C2)nc1. The molecule has 0 atom stereocenters. The lowest BCUT2D eigenvalue weighted by Gasteiger charge is -2.26. The number of carboxylic acids is 1. The van der Waals surface area contributed by atoms with Crippen LogP contribution in [-0.2, 0) is 111 Å². The minimum atomic E-state index is -1.19. The number of likely N-dealkylation sites (tertiary alicyclic amines) is 1. The molecule has 3 aromatic carbocycles. The van der Waals surface area contributed by atoms with Gasteiger partial charge in [-0.1, -0.05) is 72.8 Å². The second-order valence-electron chi connectivity index (χ2n) is 29.6. The lowest BCUT2D eigenvalue weighted by Crippen LogP contribution is -2.38. The molecule has 0 unspecified atom stereocenters. The zero-order chi connectivity index (χ0) is 77.1. The number of rotatable bonds is 18. The number of carbonyl (C=O) groups excluding carboxylic acids is 4. The van der Waals surface area contributed by atoms with Crippen molar-refractivity contribution < 1.29 is 29.1 Å². The summed E-state index contributed by atoms with van der Waals surface area (Å²) in [7, 11) is 3.87. The minimum Gasteiger partial charge on any atom is -0.476 e. The first kappa shape index (κ1) is 72.4. The van der Waals surface area contributed by atoms with Crippen LogP contribution in [0.15, 0.2) is 129 Å². The molecule has 19 rings (SSSR count). The number of piperidine rings is 1. The highest BCUT2D eigenvalue weighted by Gasteiger charge is 2.33. The van der Waals surface area contributed by atoms with Crippen LogP contribution >= 0.6 is 0 Å². The van der Waals surface area contributed by atoms with Crippen LogP contribution in [0.25, 0.3) is 33.4 Å². The van der Waals surface area contributed by atoms with Crippen molar-refractivity contribution in [3.63, 3.8) is 0 Å². The summed E-state index contributed by atoms with van der Waals surface area (Å²) in [6.45, 7) is 4.46. The molecule has 0 saturated carbocycles. The summed E-state index contributed by atoms with van der Waals surface area (Å²) in [5.41, 5.74) is 17.3. The zero-order valence-corrected chi connectivity index (χ0v) is 62.4. The van der Waals surface area contributed by atoms with Crippen LogP contribution in [0.4, 0.5) is 23.7 Å². The first-order chi connectivity index (χ1) is 55.2. The van der Waals surface area contributed by atoms with Gasteiger partial charge in [0.15, 0.2) is 17.2 Å². The molecule has 4 aliphatic heterocycles. The molecule has 13 heterocycles. The fourth-order valence-corrected chi connectivity index (χ4v) is 15.8. The van der Waals surface area contributed by atoms with E-state index in [1.165, 1.54) is 38.1 Å². The molecule has 1 fully saturated rings. The Balaban J connectivity index is 0.000000123. The summed E-state index contributed by atoms with van der Waals surface area (Å²) < 4.78 is 4.60. The number of H-pyrrole nitrogens is 3. The summed E-state index contributed by atoms with van der Waals surface area (Å²) in [6.07, 6.45) is 26.1. The van der Waals surface area contributed by atoms with Crippen LogP contribution in [0.1, 0.15) is 108 Å². The lowest BCUT2D eigenvalue weighted by molar-refractivity contribution is -0.133. The molecule has 35 heteroatoms. The van der Waals surface area contributed by atoms with Gasteiger partial charge in [0.1, 0.15) is 36.7 Å². The number of amides is 4. The Morgan fingerprint density at radius 2 is 0.726 bits per heavy atom. The molecule has 7 aliphatic rings. The Morgan fingerprint density at radius 3 is 1.08 bits per heavy atom. The highest BCUT2D eigenvalue weighted by molar-refractivity contribution is 5.99. The van der Waals surface area contributed by atoms with Gasteiger partial charge in [0.25, 0.3) is 5.91 Å². The van der Waals surface area contributed by atoms with Gasteiger partial charge in [-0.05, 0) is 91.2 Å². The first-order valence-electron chi connectivity index (χ1n) is 38.1. The van der Waals surface area contributed by atoms with E-state index >= 15 is 0 Å². The van der Waals surface area contributed by atoms with Crippen LogP contribution < -0.4 is 20.9 Å². The van der Waals surface area contributed by atoms with Crippen LogP contribution in [0.5, 0.6) is 0 Å². The van der Waals surface area contributed by atoms with Gasteiger partial charge >= 0.3 is 5.97 Å². The number of benzene rings is 3. The van der Waals surface area contributed by atoms with Crippen LogP contribution in [0.2, 0.25) is 0 Å². The van der Waals surface area contributed by atoms with Gasteiger partial charge in [-0.25, -0.2) is 34.7 Å². The number of hydrogen-bond acceptors (Lipinski definition) is 24. The van der Waals surface area contributed by atoms with Gasteiger partial charge in [-0.2, -0.15) is 61.5 Å². The predicted octanol–water partition coefficient (Wildman–Crippen LogP) is 5.26. The average molecular weight is 1520 g/mol. The number of aromatic nitrogens is 21. The van der Waals surface area contributed by atoms with Crippen molar-refractivity contribution in [3.05, 3.63) is 208 Å². The number of hydrogen-bond donors (Lipinski definition) is 7. The maximum Gasteiger partial charge on any atom is 0.357 e. The van der Waals surface area contributed by atoms with Crippen molar-refractivity contribution in [1.29, 1.82) is 0 Å². The Bertz CT molecular complexity index is 5390. The summed E-state index contributed by atoms with van der Waals surface area (Å²) in [6, 6.07) is 26.1. The first-order valence-corrected chi connectivity index (χ1v) is 38.1. The van der Waals surface area contributed by atoms with Crippen molar-refractivity contribution in [2.45, 2.75) is 134 Å². The smallest absolute Gasteiger partial charge is 0.357 e. The molecule has 113 heavy (non-hydrogen) atoms. The molecule has 0 radical (unpaired) electrons. The summed E-state index contributed by atoms with van der Waals surface area (Å²) in [5, 5.41) is 66.0. The topological polar surface area (TPSA) is 413 Å². The van der Waals surface area contributed by atoms with Gasteiger partial charge in [0, 0.05) is 173 Å². The van der Waals surface area contributed by atoms with Crippen molar-refractivity contribution in [2.75, 3.05) is 67.7 Å².